The van der Waals surface area contributed by atoms with Gasteiger partial charge in [-0.1, -0.05) is 12.1 Å². The van der Waals surface area contributed by atoms with Crippen LogP contribution in [0, 0.1) is 6.92 Å². The highest BCUT2D eigenvalue weighted by Crippen LogP contribution is 2.23. The summed E-state index contributed by atoms with van der Waals surface area (Å²) in [6.45, 7) is 6.25. The van der Waals surface area contributed by atoms with Crippen molar-refractivity contribution in [2.45, 2.75) is 19.8 Å². The largest absolute Gasteiger partial charge is 0.371 e. The first-order chi connectivity index (χ1) is 9.22. The van der Waals surface area contributed by atoms with E-state index in [0.29, 0.717) is 6.42 Å². The first-order valence-electron chi connectivity index (χ1n) is 7.02. The van der Waals surface area contributed by atoms with E-state index >= 15 is 0 Å². The topological polar surface area (TPSA) is 23.6 Å². The number of carbonyl (C=O) groups excluding carboxylic acids is 1. The predicted molar refractivity (Wildman–Crippen MR) is 77.3 cm³/mol. The lowest BCUT2D eigenvalue weighted by Gasteiger charge is -2.38. The maximum Gasteiger partial charge on any atom is 0.157 e. The minimum absolute atomic E-state index is 0.288. The molecule has 0 aromatic heterocycles. The highest BCUT2D eigenvalue weighted by molar-refractivity contribution is 5.92. The predicted octanol–water partition coefficient (Wildman–Crippen LogP) is 2.36. The van der Waals surface area contributed by atoms with Gasteiger partial charge in [-0.25, -0.2) is 0 Å². The van der Waals surface area contributed by atoms with Crippen molar-refractivity contribution in [2.24, 2.45) is 0 Å². The molecule has 3 nitrogen and oxygen atoms in total. The molecule has 1 aromatic carbocycles. The Morgan fingerprint density at radius 2 is 1.74 bits per heavy atom. The summed E-state index contributed by atoms with van der Waals surface area (Å²) in [4.78, 5) is 16.1. The molecule has 1 fully saturated rings. The van der Waals surface area contributed by atoms with Gasteiger partial charge in [-0.3, -0.25) is 4.79 Å². The maximum absolute atomic E-state index is 11.3. The molecule has 1 aliphatic heterocycles. The minimum atomic E-state index is 0.288. The number of aryl methyl sites for hydroxylation is 1. The highest BCUT2D eigenvalue weighted by Gasteiger charge is 2.22. The molecule has 1 saturated heterocycles. The molecule has 1 heterocycles. The van der Waals surface area contributed by atoms with Gasteiger partial charge in [0, 0.05) is 50.1 Å². The smallest absolute Gasteiger partial charge is 0.157 e. The molecule has 0 bridgehead atoms. The second-order valence-electron chi connectivity index (χ2n) is 5.42. The van der Waals surface area contributed by atoms with Crippen LogP contribution in [0.5, 0.6) is 0 Å². The molecule has 0 atom stereocenters. The van der Waals surface area contributed by atoms with Crippen LogP contribution in [0.4, 0.5) is 5.69 Å². The van der Waals surface area contributed by atoms with Crippen LogP contribution in [0.1, 0.15) is 18.4 Å². The van der Waals surface area contributed by atoms with Crippen LogP contribution in [0.3, 0.4) is 0 Å². The van der Waals surface area contributed by atoms with Gasteiger partial charge in [-0.2, -0.15) is 0 Å². The molecule has 0 amide bonds. The number of carbonyl (C=O) groups is 1. The van der Waals surface area contributed by atoms with E-state index in [1.807, 2.05) is 6.08 Å². The summed E-state index contributed by atoms with van der Waals surface area (Å²) in [5.41, 5.74) is 3.87. The van der Waals surface area contributed by atoms with E-state index in [2.05, 4.69) is 41.0 Å². The molecule has 0 spiro atoms. The second-order valence-corrected chi connectivity index (χ2v) is 5.42. The SMILES string of the molecule is Cc1cccc(N2CCN(C3=CC(=O)CC3)CC2)c1. The van der Waals surface area contributed by atoms with Gasteiger partial charge < -0.3 is 9.80 Å². The van der Waals surface area contributed by atoms with E-state index in [0.717, 1.165) is 32.6 Å². The van der Waals surface area contributed by atoms with E-state index in [4.69, 9.17) is 0 Å². The van der Waals surface area contributed by atoms with Crippen molar-refractivity contribution in [3.05, 3.63) is 41.6 Å². The number of benzene rings is 1. The summed E-state index contributed by atoms with van der Waals surface area (Å²) in [5, 5.41) is 0. The molecule has 0 N–H and O–H groups in total. The number of ketones is 1. The number of allylic oxidation sites excluding steroid dienone is 2. The lowest BCUT2D eigenvalue weighted by Crippen LogP contribution is -2.45. The van der Waals surface area contributed by atoms with Crippen LogP contribution in [0.15, 0.2) is 36.0 Å². The lowest BCUT2D eigenvalue weighted by molar-refractivity contribution is -0.114. The zero-order chi connectivity index (χ0) is 13.2. The number of piperazine rings is 1. The highest BCUT2D eigenvalue weighted by atomic mass is 16.1. The van der Waals surface area contributed by atoms with Crippen LogP contribution < -0.4 is 4.90 Å². The Balaban J connectivity index is 1.63. The molecule has 1 aliphatic carbocycles. The van der Waals surface area contributed by atoms with Gasteiger partial charge in [0.2, 0.25) is 0 Å². The summed E-state index contributed by atoms with van der Waals surface area (Å²) in [5.74, 6) is 0.288. The Labute approximate surface area is 114 Å². The Bertz CT molecular complexity index is 513. The second kappa shape index (κ2) is 5.08. The van der Waals surface area contributed by atoms with Gasteiger partial charge in [0.05, 0.1) is 0 Å². The van der Waals surface area contributed by atoms with E-state index < -0.39 is 0 Å². The third-order valence-corrected chi connectivity index (χ3v) is 4.01. The molecule has 0 saturated carbocycles. The van der Waals surface area contributed by atoms with Crippen molar-refractivity contribution in [3.8, 4) is 0 Å². The molecular weight excluding hydrogens is 236 g/mol. The number of nitrogens with zero attached hydrogens (tertiary/aromatic N) is 2. The Hall–Kier alpha value is -1.77. The summed E-state index contributed by atoms with van der Waals surface area (Å²) in [7, 11) is 0. The number of anilines is 1. The molecule has 3 heteroatoms. The molecule has 0 unspecified atom stereocenters. The average molecular weight is 256 g/mol. The van der Waals surface area contributed by atoms with Gasteiger partial charge in [0.15, 0.2) is 5.78 Å². The van der Waals surface area contributed by atoms with Crippen LogP contribution in [0.25, 0.3) is 0 Å². The summed E-state index contributed by atoms with van der Waals surface area (Å²) in [6.07, 6.45) is 3.47. The molecule has 100 valence electrons. The molecule has 2 aliphatic rings. The van der Waals surface area contributed by atoms with Crippen molar-refractivity contribution in [2.75, 3.05) is 31.1 Å². The van der Waals surface area contributed by atoms with Crippen LogP contribution >= 0.6 is 0 Å². The molecule has 3 rings (SSSR count). The van der Waals surface area contributed by atoms with Crippen molar-refractivity contribution < 1.29 is 4.79 Å². The third kappa shape index (κ3) is 2.65. The first-order valence-corrected chi connectivity index (χ1v) is 7.02. The number of hydrogen-bond donors (Lipinski definition) is 0. The number of rotatable bonds is 2. The molecule has 1 aromatic rings. The van der Waals surface area contributed by atoms with E-state index in [1.54, 1.807) is 0 Å². The quantitative estimate of drug-likeness (QED) is 0.811. The Morgan fingerprint density at radius 1 is 1.00 bits per heavy atom. The fourth-order valence-corrected chi connectivity index (χ4v) is 2.91. The normalized spacial score (nSPS) is 19.8. The van der Waals surface area contributed by atoms with Crippen LogP contribution in [-0.4, -0.2) is 36.9 Å². The summed E-state index contributed by atoms with van der Waals surface area (Å²) in [6, 6.07) is 8.68. The van der Waals surface area contributed by atoms with E-state index in [1.165, 1.54) is 16.9 Å². The monoisotopic (exact) mass is 256 g/mol. The van der Waals surface area contributed by atoms with Crippen molar-refractivity contribution in [1.82, 2.24) is 4.90 Å². The molecule has 0 radical (unpaired) electrons. The van der Waals surface area contributed by atoms with Crippen LogP contribution in [-0.2, 0) is 4.79 Å². The summed E-state index contributed by atoms with van der Waals surface area (Å²) < 4.78 is 0. The van der Waals surface area contributed by atoms with Gasteiger partial charge in [0.25, 0.3) is 0 Å². The number of hydrogen-bond acceptors (Lipinski definition) is 3. The van der Waals surface area contributed by atoms with E-state index in [-0.39, 0.29) is 5.78 Å². The molecule has 19 heavy (non-hydrogen) atoms. The average Bonchev–Trinajstić information content (AvgIpc) is 2.86. The van der Waals surface area contributed by atoms with Gasteiger partial charge >= 0.3 is 0 Å². The molecular formula is C16H20N2O. The standard InChI is InChI=1S/C16H20N2O/c1-13-3-2-4-14(11-13)17-7-9-18(10-8-17)15-5-6-16(19)12-15/h2-4,11-12H,5-10H2,1H3. The van der Waals surface area contributed by atoms with Gasteiger partial charge in [-0.05, 0) is 31.0 Å². The van der Waals surface area contributed by atoms with Gasteiger partial charge in [-0.15, -0.1) is 0 Å². The minimum Gasteiger partial charge on any atom is -0.371 e. The third-order valence-electron chi connectivity index (χ3n) is 4.01. The zero-order valence-electron chi connectivity index (χ0n) is 11.4. The Morgan fingerprint density at radius 3 is 2.37 bits per heavy atom. The van der Waals surface area contributed by atoms with Crippen molar-refractivity contribution in [3.63, 3.8) is 0 Å². The van der Waals surface area contributed by atoms with E-state index in [9.17, 15) is 4.79 Å². The lowest BCUT2D eigenvalue weighted by atomic mass is 10.2. The fourth-order valence-electron chi connectivity index (χ4n) is 2.91. The van der Waals surface area contributed by atoms with Crippen molar-refractivity contribution in [1.29, 1.82) is 0 Å². The Kier molecular flexibility index (Phi) is 3.28. The van der Waals surface area contributed by atoms with Gasteiger partial charge in [0.1, 0.15) is 0 Å². The maximum atomic E-state index is 11.3. The summed E-state index contributed by atoms with van der Waals surface area (Å²) >= 11 is 0. The zero-order valence-corrected chi connectivity index (χ0v) is 11.4. The van der Waals surface area contributed by atoms with Crippen molar-refractivity contribution >= 4 is 11.5 Å². The fraction of sp³-hybridized carbons (Fsp3) is 0.438. The van der Waals surface area contributed by atoms with Crippen LogP contribution in [0.2, 0.25) is 0 Å². The first kappa shape index (κ1) is 12.3.